The van der Waals surface area contributed by atoms with Crippen molar-refractivity contribution in [3.63, 3.8) is 0 Å². The van der Waals surface area contributed by atoms with E-state index < -0.39 is 12.1 Å². The molecule has 0 unspecified atom stereocenters. The topological polar surface area (TPSA) is 106 Å². The SMILES string of the molecule is COc1ccc(Cc2n[nH]c3c2CN(CCCn2cccn2)CC3)cc1OC.O=C(O)C(F)(F)F. The number of halogens is 3. The van der Waals surface area contributed by atoms with Crippen molar-refractivity contribution in [2.75, 3.05) is 27.3 Å². The van der Waals surface area contributed by atoms with E-state index in [0.29, 0.717) is 0 Å². The second kappa shape index (κ2) is 11.7. The van der Waals surface area contributed by atoms with E-state index in [4.69, 9.17) is 19.4 Å². The molecule has 190 valence electrons. The molecule has 35 heavy (non-hydrogen) atoms. The Hall–Kier alpha value is -3.54. The second-order valence-electron chi connectivity index (χ2n) is 7.95. The summed E-state index contributed by atoms with van der Waals surface area (Å²) in [6, 6.07) is 8.03. The van der Waals surface area contributed by atoms with Gasteiger partial charge in [0.25, 0.3) is 0 Å². The van der Waals surface area contributed by atoms with Crippen molar-refractivity contribution >= 4 is 5.97 Å². The molecule has 0 radical (unpaired) electrons. The lowest BCUT2D eigenvalue weighted by Crippen LogP contribution is -2.32. The van der Waals surface area contributed by atoms with Crippen LogP contribution in [0.2, 0.25) is 0 Å². The van der Waals surface area contributed by atoms with E-state index >= 15 is 0 Å². The number of alkyl halides is 3. The van der Waals surface area contributed by atoms with Crippen molar-refractivity contribution < 1.29 is 32.5 Å². The first kappa shape index (κ1) is 26.1. The Morgan fingerprint density at radius 2 is 1.94 bits per heavy atom. The van der Waals surface area contributed by atoms with Crippen LogP contribution < -0.4 is 9.47 Å². The van der Waals surface area contributed by atoms with Crippen molar-refractivity contribution in [3.05, 3.63) is 59.2 Å². The number of aromatic nitrogens is 4. The molecule has 0 aliphatic carbocycles. The van der Waals surface area contributed by atoms with Crippen LogP contribution in [0.1, 0.15) is 28.9 Å². The third-order valence-electron chi connectivity index (χ3n) is 5.58. The number of methoxy groups -OCH3 is 2. The van der Waals surface area contributed by atoms with Gasteiger partial charge in [0.05, 0.1) is 19.9 Å². The van der Waals surface area contributed by atoms with Crippen LogP contribution in [0.3, 0.4) is 0 Å². The number of aryl methyl sites for hydroxylation is 1. The van der Waals surface area contributed by atoms with Crippen LogP contribution in [0.25, 0.3) is 0 Å². The molecule has 0 saturated carbocycles. The molecule has 2 N–H and O–H groups in total. The highest BCUT2D eigenvalue weighted by Crippen LogP contribution is 2.29. The van der Waals surface area contributed by atoms with Crippen molar-refractivity contribution in [1.82, 2.24) is 24.9 Å². The maximum Gasteiger partial charge on any atom is 0.490 e. The number of ether oxygens (including phenoxy) is 2. The number of hydrogen-bond acceptors (Lipinski definition) is 6. The molecule has 1 aliphatic rings. The predicted molar refractivity (Wildman–Crippen MR) is 120 cm³/mol. The van der Waals surface area contributed by atoms with E-state index in [9.17, 15) is 13.2 Å². The minimum absolute atomic E-state index is 0.749. The Morgan fingerprint density at radius 1 is 1.20 bits per heavy atom. The minimum atomic E-state index is -5.08. The Bertz CT molecular complexity index is 1100. The number of benzene rings is 1. The predicted octanol–water partition coefficient (Wildman–Crippen LogP) is 3.30. The van der Waals surface area contributed by atoms with Gasteiger partial charge in [-0.1, -0.05) is 6.07 Å². The molecule has 0 fully saturated rings. The number of carboxylic acids is 1. The summed E-state index contributed by atoms with van der Waals surface area (Å²) >= 11 is 0. The Balaban J connectivity index is 0.000000429. The molecule has 2 aromatic heterocycles. The standard InChI is InChI=1S/C21H27N5O2.C2HF3O2/c1-27-20-6-5-16(14-21(20)28-2)13-19-17-15-25(12-7-18(17)23-24-19)9-4-11-26-10-3-8-22-26;3-2(4,5)1(6)7/h3,5-6,8,10,14H,4,7,9,11-13,15H2,1-2H3,(H,23,24);(H,6,7). The number of H-pyrrole nitrogens is 1. The van der Waals surface area contributed by atoms with E-state index in [1.54, 1.807) is 14.2 Å². The van der Waals surface area contributed by atoms with Gasteiger partial charge in [-0.2, -0.15) is 23.4 Å². The molecular weight excluding hydrogens is 467 g/mol. The maximum absolute atomic E-state index is 10.6. The van der Waals surface area contributed by atoms with Gasteiger partial charge < -0.3 is 14.6 Å². The fourth-order valence-corrected chi connectivity index (χ4v) is 3.82. The van der Waals surface area contributed by atoms with E-state index in [1.807, 2.05) is 35.3 Å². The van der Waals surface area contributed by atoms with Crippen LogP contribution in [-0.4, -0.2) is 69.4 Å². The molecule has 4 rings (SSSR count). The summed E-state index contributed by atoms with van der Waals surface area (Å²) in [5.41, 5.74) is 4.92. The number of rotatable bonds is 8. The van der Waals surface area contributed by atoms with Gasteiger partial charge in [0.2, 0.25) is 0 Å². The van der Waals surface area contributed by atoms with Crippen molar-refractivity contribution in [2.45, 2.75) is 38.5 Å². The van der Waals surface area contributed by atoms with Crippen LogP contribution in [0.4, 0.5) is 13.2 Å². The Labute approximate surface area is 200 Å². The zero-order valence-corrected chi connectivity index (χ0v) is 19.5. The molecular formula is C23H28F3N5O4. The van der Waals surface area contributed by atoms with Crippen LogP contribution in [0, 0.1) is 0 Å². The first-order valence-corrected chi connectivity index (χ1v) is 11.0. The number of fused-ring (bicyclic) bond motifs is 1. The normalized spacial score (nSPS) is 13.5. The minimum Gasteiger partial charge on any atom is -0.493 e. The van der Waals surface area contributed by atoms with Gasteiger partial charge in [-0.3, -0.25) is 14.7 Å². The summed E-state index contributed by atoms with van der Waals surface area (Å²) in [7, 11) is 3.32. The summed E-state index contributed by atoms with van der Waals surface area (Å²) in [6.07, 6.45) is 1.67. The molecule has 12 heteroatoms. The molecule has 0 bridgehead atoms. The molecule has 0 saturated heterocycles. The van der Waals surface area contributed by atoms with Crippen molar-refractivity contribution in [3.8, 4) is 11.5 Å². The van der Waals surface area contributed by atoms with Crippen molar-refractivity contribution in [2.24, 2.45) is 0 Å². The van der Waals surface area contributed by atoms with E-state index in [0.717, 1.165) is 62.6 Å². The first-order chi connectivity index (χ1) is 16.7. The van der Waals surface area contributed by atoms with Gasteiger partial charge in [0.15, 0.2) is 11.5 Å². The van der Waals surface area contributed by atoms with E-state index in [2.05, 4.69) is 26.3 Å². The zero-order chi connectivity index (χ0) is 25.4. The molecule has 3 heterocycles. The number of hydrogen-bond donors (Lipinski definition) is 2. The molecule has 1 aromatic carbocycles. The number of carbonyl (C=O) groups is 1. The average Bonchev–Trinajstić information content (AvgIpc) is 3.49. The summed E-state index contributed by atoms with van der Waals surface area (Å²) < 4.78 is 44.5. The summed E-state index contributed by atoms with van der Waals surface area (Å²) in [4.78, 5) is 11.4. The number of carboxylic acid groups (broad SMARTS) is 1. The summed E-state index contributed by atoms with van der Waals surface area (Å²) in [6.45, 7) is 4.05. The smallest absolute Gasteiger partial charge is 0.490 e. The number of aliphatic carboxylic acids is 1. The highest BCUT2D eigenvalue weighted by Gasteiger charge is 2.38. The van der Waals surface area contributed by atoms with Crippen LogP contribution in [-0.2, 0) is 30.7 Å². The Morgan fingerprint density at radius 3 is 2.57 bits per heavy atom. The molecule has 0 atom stereocenters. The number of nitrogens with one attached hydrogen (secondary N) is 1. The van der Waals surface area contributed by atoms with Gasteiger partial charge in [-0.15, -0.1) is 0 Å². The molecule has 0 amide bonds. The monoisotopic (exact) mass is 495 g/mol. The number of aromatic amines is 1. The molecule has 9 nitrogen and oxygen atoms in total. The van der Waals surface area contributed by atoms with E-state index in [1.165, 1.54) is 16.8 Å². The quantitative estimate of drug-likeness (QED) is 0.494. The third-order valence-corrected chi connectivity index (χ3v) is 5.58. The van der Waals surface area contributed by atoms with Gasteiger partial charge in [0.1, 0.15) is 0 Å². The summed E-state index contributed by atoms with van der Waals surface area (Å²) in [5.74, 6) is -1.25. The third kappa shape index (κ3) is 7.22. The second-order valence-corrected chi connectivity index (χ2v) is 7.95. The van der Waals surface area contributed by atoms with Gasteiger partial charge >= 0.3 is 12.1 Å². The highest BCUT2D eigenvalue weighted by atomic mass is 19.4. The van der Waals surface area contributed by atoms with Gasteiger partial charge in [-0.25, -0.2) is 4.79 Å². The fraction of sp³-hybridized carbons (Fsp3) is 0.435. The van der Waals surface area contributed by atoms with Crippen LogP contribution >= 0.6 is 0 Å². The Kier molecular flexibility index (Phi) is 8.74. The largest absolute Gasteiger partial charge is 0.493 e. The molecule has 3 aromatic rings. The first-order valence-electron chi connectivity index (χ1n) is 11.0. The lowest BCUT2D eigenvalue weighted by atomic mass is 10.0. The fourth-order valence-electron chi connectivity index (χ4n) is 3.82. The lowest BCUT2D eigenvalue weighted by Gasteiger charge is -2.27. The van der Waals surface area contributed by atoms with Crippen LogP contribution in [0.15, 0.2) is 36.7 Å². The number of nitrogens with zero attached hydrogens (tertiary/aromatic N) is 4. The molecule has 1 aliphatic heterocycles. The van der Waals surface area contributed by atoms with Crippen LogP contribution in [0.5, 0.6) is 11.5 Å². The highest BCUT2D eigenvalue weighted by molar-refractivity contribution is 5.73. The lowest BCUT2D eigenvalue weighted by molar-refractivity contribution is -0.192. The van der Waals surface area contributed by atoms with Gasteiger partial charge in [0, 0.05) is 62.7 Å². The van der Waals surface area contributed by atoms with Crippen molar-refractivity contribution in [1.29, 1.82) is 0 Å². The average molecular weight is 496 g/mol. The van der Waals surface area contributed by atoms with E-state index in [-0.39, 0.29) is 0 Å². The van der Waals surface area contributed by atoms with Gasteiger partial charge in [-0.05, 0) is 30.2 Å². The summed E-state index contributed by atoms with van der Waals surface area (Å²) in [5, 5.41) is 19.3. The molecule has 0 spiro atoms. The zero-order valence-electron chi connectivity index (χ0n) is 19.5. The maximum atomic E-state index is 10.6.